The average molecular weight is 196 g/mol. The van der Waals surface area contributed by atoms with Gasteiger partial charge in [-0.3, -0.25) is 0 Å². The number of nitrogens with one attached hydrogen (secondary N) is 1. The maximum absolute atomic E-state index is 4.43. The molecule has 1 saturated carbocycles. The largest absolute Gasteiger partial charge is 0.308 e. The van der Waals surface area contributed by atoms with E-state index in [4.69, 9.17) is 0 Å². The first-order valence-electron chi connectivity index (χ1n) is 4.99. The van der Waals surface area contributed by atoms with Crippen LogP contribution in [0.2, 0.25) is 0 Å². The molecule has 0 atom stereocenters. The number of thiazole rings is 1. The molecule has 0 saturated heterocycles. The average Bonchev–Trinajstić information content (AvgIpc) is 2.71. The normalized spacial score (nSPS) is 18.2. The fraction of sp³-hybridized carbons (Fsp3) is 0.700. The van der Waals surface area contributed by atoms with Crippen LogP contribution in [0.1, 0.15) is 36.4 Å². The minimum Gasteiger partial charge on any atom is -0.308 e. The molecular formula is C10H16N2S. The highest BCUT2D eigenvalue weighted by Gasteiger charge is 2.13. The van der Waals surface area contributed by atoms with Crippen LogP contribution < -0.4 is 5.32 Å². The van der Waals surface area contributed by atoms with Crippen LogP contribution in [0.3, 0.4) is 0 Å². The van der Waals surface area contributed by atoms with Crippen molar-refractivity contribution in [1.82, 2.24) is 10.3 Å². The summed E-state index contributed by atoms with van der Waals surface area (Å²) in [4.78, 5) is 4.43. The Morgan fingerprint density at radius 3 is 2.92 bits per heavy atom. The molecule has 13 heavy (non-hydrogen) atoms. The van der Waals surface area contributed by atoms with Gasteiger partial charge in [0.1, 0.15) is 0 Å². The molecule has 0 radical (unpaired) electrons. The van der Waals surface area contributed by atoms with Crippen LogP contribution in [0.5, 0.6) is 0 Å². The Balaban J connectivity index is 1.78. The Kier molecular flexibility index (Phi) is 2.96. The number of aryl methyl sites for hydroxylation is 1. The standard InChI is InChI=1S/C10H16N2S/c1-8-12-10(7-13-8)6-11-9-4-2-3-5-9/h7,9,11H,2-6H2,1H3. The summed E-state index contributed by atoms with van der Waals surface area (Å²) in [5.41, 5.74) is 1.20. The molecule has 1 aliphatic rings. The molecule has 1 aliphatic carbocycles. The van der Waals surface area contributed by atoms with E-state index in [9.17, 15) is 0 Å². The zero-order valence-electron chi connectivity index (χ0n) is 8.05. The second kappa shape index (κ2) is 4.20. The summed E-state index contributed by atoms with van der Waals surface area (Å²) >= 11 is 1.74. The molecule has 0 spiro atoms. The van der Waals surface area contributed by atoms with Gasteiger partial charge in [-0.25, -0.2) is 4.98 Å². The van der Waals surface area contributed by atoms with Gasteiger partial charge in [0.05, 0.1) is 10.7 Å². The highest BCUT2D eigenvalue weighted by atomic mass is 32.1. The quantitative estimate of drug-likeness (QED) is 0.803. The van der Waals surface area contributed by atoms with E-state index >= 15 is 0 Å². The predicted octanol–water partition coefficient (Wildman–Crippen LogP) is 2.48. The van der Waals surface area contributed by atoms with Crippen LogP contribution in [0.25, 0.3) is 0 Å². The zero-order chi connectivity index (χ0) is 9.10. The van der Waals surface area contributed by atoms with Crippen molar-refractivity contribution in [3.8, 4) is 0 Å². The Morgan fingerprint density at radius 2 is 2.31 bits per heavy atom. The Morgan fingerprint density at radius 1 is 1.54 bits per heavy atom. The summed E-state index contributed by atoms with van der Waals surface area (Å²) < 4.78 is 0. The summed E-state index contributed by atoms with van der Waals surface area (Å²) in [7, 11) is 0. The number of hydrogen-bond acceptors (Lipinski definition) is 3. The van der Waals surface area contributed by atoms with Crippen molar-refractivity contribution in [2.75, 3.05) is 0 Å². The van der Waals surface area contributed by atoms with E-state index < -0.39 is 0 Å². The van der Waals surface area contributed by atoms with Crippen molar-refractivity contribution in [3.05, 3.63) is 16.1 Å². The molecule has 2 rings (SSSR count). The smallest absolute Gasteiger partial charge is 0.0897 e. The minimum absolute atomic E-state index is 0.752. The van der Waals surface area contributed by atoms with Crippen molar-refractivity contribution >= 4 is 11.3 Å². The van der Waals surface area contributed by atoms with Crippen LogP contribution >= 0.6 is 11.3 Å². The Bertz CT molecular complexity index is 264. The maximum Gasteiger partial charge on any atom is 0.0897 e. The summed E-state index contributed by atoms with van der Waals surface area (Å²) in [6.07, 6.45) is 5.49. The van der Waals surface area contributed by atoms with Crippen LogP contribution in [0.15, 0.2) is 5.38 Å². The van der Waals surface area contributed by atoms with Gasteiger partial charge in [-0.2, -0.15) is 0 Å². The number of nitrogens with zero attached hydrogens (tertiary/aromatic N) is 1. The van der Waals surface area contributed by atoms with E-state index in [2.05, 4.69) is 22.6 Å². The fourth-order valence-electron chi connectivity index (χ4n) is 1.87. The predicted molar refractivity (Wildman–Crippen MR) is 55.9 cm³/mol. The molecule has 1 aromatic heterocycles. The third-order valence-corrected chi connectivity index (χ3v) is 3.42. The van der Waals surface area contributed by atoms with Crippen LogP contribution in [-0.4, -0.2) is 11.0 Å². The van der Waals surface area contributed by atoms with Gasteiger partial charge in [-0.15, -0.1) is 11.3 Å². The van der Waals surface area contributed by atoms with Gasteiger partial charge < -0.3 is 5.32 Å². The highest BCUT2D eigenvalue weighted by molar-refractivity contribution is 7.09. The van der Waals surface area contributed by atoms with Gasteiger partial charge in [0.2, 0.25) is 0 Å². The minimum atomic E-state index is 0.752. The Hall–Kier alpha value is -0.410. The van der Waals surface area contributed by atoms with Crippen molar-refractivity contribution in [3.63, 3.8) is 0 Å². The molecule has 1 heterocycles. The lowest BCUT2D eigenvalue weighted by Gasteiger charge is -2.09. The van der Waals surface area contributed by atoms with Crippen LogP contribution in [-0.2, 0) is 6.54 Å². The highest BCUT2D eigenvalue weighted by Crippen LogP contribution is 2.18. The lowest BCUT2D eigenvalue weighted by atomic mass is 10.2. The first-order chi connectivity index (χ1) is 6.34. The molecule has 1 fully saturated rings. The molecule has 1 N–H and O–H groups in total. The lowest BCUT2D eigenvalue weighted by molar-refractivity contribution is 0.520. The van der Waals surface area contributed by atoms with E-state index in [1.807, 2.05) is 0 Å². The molecule has 0 bridgehead atoms. The molecule has 0 aliphatic heterocycles. The van der Waals surface area contributed by atoms with Gasteiger partial charge in [0.15, 0.2) is 0 Å². The van der Waals surface area contributed by atoms with Gasteiger partial charge in [0.25, 0.3) is 0 Å². The molecule has 0 unspecified atom stereocenters. The summed E-state index contributed by atoms with van der Waals surface area (Å²) in [5, 5.41) is 6.88. The van der Waals surface area contributed by atoms with Crippen molar-refractivity contribution in [2.24, 2.45) is 0 Å². The van der Waals surface area contributed by atoms with E-state index in [1.54, 1.807) is 11.3 Å². The van der Waals surface area contributed by atoms with Crippen LogP contribution in [0.4, 0.5) is 0 Å². The number of hydrogen-bond donors (Lipinski definition) is 1. The second-order valence-corrected chi connectivity index (χ2v) is 4.78. The van der Waals surface area contributed by atoms with Gasteiger partial charge in [0, 0.05) is 18.0 Å². The maximum atomic E-state index is 4.43. The second-order valence-electron chi connectivity index (χ2n) is 3.72. The van der Waals surface area contributed by atoms with Gasteiger partial charge in [-0.05, 0) is 19.8 Å². The third-order valence-electron chi connectivity index (χ3n) is 2.59. The van der Waals surface area contributed by atoms with E-state index in [0.717, 1.165) is 12.6 Å². The zero-order valence-corrected chi connectivity index (χ0v) is 8.86. The molecule has 72 valence electrons. The molecule has 2 nitrogen and oxygen atoms in total. The van der Waals surface area contributed by atoms with E-state index in [1.165, 1.54) is 36.4 Å². The summed E-state index contributed by atoms with van der Waals surface area (Å²) in [6, 6.07) is 0.752. The van der Waals surface area contributed by atoms with Gasteiger partial charge >= 0.3 is 0 Å². The first kappa shape index (κ1) is 9.16. The van der Waals surface area contributed by atoms with E-state index in [-0.39, 0.29) is 0 Å². The SMILES string of the molecule is Cc1nc(CNC2CCCC2)cs1. The Labute approximate surface area is 83.4 Å². The van der Waals surface area contributed by atoms with E-state index in [0.29, 0.717) is 0 Å². The first-order valence-corrected chi connectivity index (χ1v) is 5.87. The summed E-state index contributed by atoms with van der Waals surface area (Å²) in [5.74, 6) is 0. The van der Waals surface area contributed by atoms with Crippen molar-refractivity contribution < 1.29 is 0 Å². The third kappa shape index (κ3) is 2.51. The molecular weight excluding hydrogens is 180 g/mol. The number of rotatable bonds is 3. The number of aromatic nitrogens is 1. The van der Waals surface area contributed by atoms with Crippen molar-refractivity contribution in [1.29, 1.82) is 0 Å². The monoisotopic (exact) mass is 196 g/mol. The molecule has 0 amide bonds. The van der Waals surface area contributed by atoms with Gasteiger partial charge in [-0.1, -0.05) is 12.8 Å². The molecule has 0 aromatic carbocycles. The molecule has 1 aromatic rings. The van der Waals surface area contributed by atoms with Crippen molar-refractivity contribution in [2.45, 2.75) is 45.2 Å². The lowest BCUT2D eigenvalue weighted by Crippen LogP contribution is -2.25. The summed E-state index contributed by atoms with van der Waals surface area (Å²) in [6.45, 7) is 3.01. The topological polar surface area (TPSA) is 24.9 Å². The van der Waals surface area contributed by atoms with Crippen LogP contribution in [0, 0.1) is 6.92 Å². The fourth-order valence-corrected chi connectivity index (χ4v) is 2.48. The molecule has 3 heteroatoms.